The average molecular weight is 200 g/mol. The molecule has 1 aliphatic heterocycles. The van der Waals surface area contributed by atoms with Crippen molar-refractivity contribution in [3.63, 3.8) is 0 Å². The molecule has 1 heterocycles. The lowest BCUT2D eigenvalue weighted by Gasteiger charge is -2.14. The predicted molar refractivity (Wildman–Crippen MR) is 52.8 cm³/mol. The van der Waals surface area contributed by atoms with E-state index >= 15 is 0 Å². The SMILES string of the molecule is O=C1OC2=C(CCc3ccccc32)C1=O. The highest BCUT2D eigenvalue weighted by Crippen LogP contribution is 2.36. The van der Waals surface area contributed by atoms with E-state index in [0.29, 0.717) is 17.8 Å². The molecule has 1 aliphatic carbocycles. The first-order valence-corrected chi connectivity index (χ1v) is 4.85. The lowest BCUT2D eigenvalue weighted by molar-refractivity contribution is -0.144. The number of carbonyl (C=O) groups excluding carboxylic acids is 2. The Hall–Kier alpha value is -1.90. The van der Waals surface area contributed by atoms with Crippen LogP contribution >= 0.6 is 0 Å². The number of ether oxygens (including phenoxy) is 1. The molecule has 0 N–H and O–H groups in total. The molecule has 15 heavy (non-hydrogen) atoms. The molecule has 0 aromatic heterocycles. The van der Waals surface area contributed by atoms with Gasteiger partial charge in [0.05, 0.1) is 5.57 Å². The van der Waals surface area contributed by atoms with E-state index in [2.05, 4.69) is 0 Å². The number of carbonyl (C=O) groups is 2. The van der Waals surface area contributed by atoms with Gasteiger partial charge in [0.1, 0.15) is 5.76 Å². The maximum atomic E-state index is 11.4. The molecule has 2 aliphatic rings. The van der Waals surface area contributed by atoms with E-state index in [0.717, 1.165) is 17.5 Å². The van der Waals surface area contributed by atoms with E-state index in [4.69, 9.17) is 4.74 Å². The summed E-state index contributed by atoms with van der Waals surface area (Å²) in [5.74, 6) is -0.733. The fourth-order valence-corrected chi connectivity index (χ4v) is 2.09. The minimum Gasteiger partial charge on any atom is -0.419 e. The maximum Gasteiger partial charge on any atom is 0.384 e. The Labute approximate surface area is 86.4 Å². The highest BCUT2D eigenvalue weighted by molar-refractivity contribution is 6.45. The summed E-state index contributed by atoms with van der Waals surface area (Å²) in [6.07, 6.45) is 1.41. The van der Waals surface area contributed by atoms with Crippen LogP contribution in [-0.2, 0) is 20.7 Å². The summed E-state index contributed by atoms with van der Waals surface area (Å²) in [4.78, 5) is 22.6. The van der Waals surface area contributed by atoms with Crippen molar-refractivity contribution >= 4 is 17.5 Å². The summed E-state index contributed by atoms with van der Waals surface area (Å²) >= 11 is 0. The summed E-state index contributed by atoms with van der Waals surface area (Å²) in [6.45, 7) is 0. The van der Waals surface area contributed by atoms with Crippen molar-refractivity contribution in [2.75, 3.05) is 0 Å². The van der Waals surface area contributed by atoms with E-state index in [-0.39, 0.29) is 0 Å². The number of esters is 1. The molecular formula is C12H8O3. The lowest BCUT2D eigenvalue weighted by Crippen LogP contribution is -2.10. The maximum absolute atomic E-state index is 11.4. The Morgan fingerprint density at radius 3 is 2.73 bits per heavy atom. The number of hydrogen-bond donors (Lipinski definition) is 0. The molecule has 3 nitrogen and oxygen atoms in total. The lowest BCUT2D eigenvalue weighted by atomic mass is 9.90. The van der Waals surface area contributed by atoms with Crippen molar-refractivity contribution in [1.29, 1.82) is 0 Å². The molecule has 74 valence electrons. The molecule has 0 saturated heterocycles. The van der Waals surface area contributed by atoms with Crippen LogP contribution in [0.5, 0.6) is 0 Å². The van der Waals surface area contributed by atoms with Gasteiger partial charge in [0.15, 0.2) is 0 Å². The van der Waals surface area contributed by atoms with Gasteiger partial charge in [0.2, 0.25) is 0 Å². The second-order valence-corrected chi connectivity index (χ2v) is 3.68. The number of ketones is 1. The van der Waals surface area contributed by atoms with Crippen LogP contribution in [0.15, 0.2) is 29.8 Å². The first-order chi connectivity index (χ1) is 7.27. The number of fused-ring (bicyclic) bond motifs is 2. The monoisotopic (exact) mass is 200 g/mol. The largest absolute Gasteiger partial charge is 0.419 e. The third-order valence-corrected chi connectivity index (χ3v) is 2.83. The van der Waals surface area contributed by atoms with E-state index in [1.54, 1.807) is 0 Å². The first-order valence-electron chi connectivity index (χ1n) is 4.85. The fourth-order valence-electron chi connectivity index (χ4n) is 2.09. The normalized spacial score (nSPS) is 18.7. The van der Waals surface area contributed by atoms with Gasteiger partial charge in [-0.3, -0.25) is 4.79 Å². The highest BCUT2D eigenvalue weighted by Gasteiger charge is 2.36. The Bertz CT molecular complexity index is 511. The fraction of sp³-hybridized carbons (Fsp3) is 0.167. The molecule has 0 atom stereocenters. The molecule has 0 fully saturated rings. The zero-order chi connectivity index (χ0) is 10.4. The Kier molecular flexibility index (Phi) is 1.57. The van der Waals surface area contributed by atoms with Gasteiger partial charge in [-0.05, 0) is 18.4 Å². The van der Waals surface area contributed by atoms with Gasteiger partial charge < -0.3 is 4.74 Å². The zero-order valence-electron chi connectivity index (χ0n) is 7.95. The van der Waals surface area contributed by atoms with Gasteiger partial charge >= 0.3 is 5.97 Å². The van der Waals surface area contributed by atoms with Crippen molar-refractivity contribution in [3.8, 4) is 0 Å². The number of benzene rings is 1. The van der Waals surface area contributed by atoms with Crippen molar-refractivity contribution in [1.82, 2.24) is 0 Å². The molecule has 0 unspecified atom stereocenters. The van der Waals surface area contributed by atoms with Crippen LogP contribution in [-0.4, -0.2) is 11.8 Å². The van der Waals surface area contributed by atoms with Crippen LogP contribution in [0.4, 0.5) is 0 Å². The number of rotatable bonds is 0. The van der Waals surface area contributed by atoms with Crippen LogP contribution in [0.1, 0.15) is 17.5 Å². The van der Waals surface area contributed by atoms with E-state index in [9.17, 15) is 9.59 Å². The Morgan fingerprint density at radius 2 is 1.87 bits per heavy atom. The van der Waals surface area contributed by atoms with Gasteiger partial charge in [-0.1, -0.05) is 24.3 Å². The van der Waals surface area contributed by atoms with Crippen LogP contribution in [0.25, 0.3) is 5.76 Å². The van der Waals surface area contributed by atoms with Crippen LogP contribution in [0, 0.1) is 0 Å². The molecule has 3 rings (SSSR count). The molecule has 1 aromatic rings. The summed E-state index contributed by atoms with van der Waals surface area (Å²) < 4.78 is 5.00. The van der Waals surface area contributed by atoms with E-state index < -0.39 is 11.8 Å². The van der Waals surface area contributed by atoms with Gasteiger partial charge in [0, 0.05) is 5.56 Å². The summed E-state index contributed by atoms with van der Waals surface area (Å²) in [5, 5.41) is 0. The molecule has 0 amide bonds. The van der Waals surface area contributed by atoms with Gasteiger partial charge in [-0.2, -0.15) is 0 Å². The molecule has 0 bridgehead atoms. The van der Waals surface area contributed by atoms with Crippen molar-refractivity contribution < 1.29 is 14.3 Å². The predicted octanol–water partition coefficient (Wildman–Crippen LogP) is 1.47. The van der Waals surface area contributed by atoms with Gasteiger partial charge in [0.25, 0.3) is 5.78 Å². The topological polar surface area (TPSA) is 43.4 Å². The number of aryl methyl sites for hydroxylation is 1. The Morgan fingerprint density at radius 1 is 1.07 bits per heavy atom. The summed E-state index contributed by atoms with van der Waals surface area (Å²) in [7, 11) is 0. The van der Waals surface area contributed by atoms with E-state index in [1.165, 1.54) is 0 Å². The third-order valence-electron chi connectivity index (χ3n) is 2.83. The zero-order valence-corrected chi connectivity index (χ0v) is 7.95. The molecule has 0 radical (unpaired) electrons. The summed E-state index contributed by atoms with van der Waals surface area (Å²) in [5.41, 5.74) is 2.57. The molecule has 0 spiro atoms. The second-order valence-electron chi connectivity index (χ2n) is 3.68. The Balaban J connectivity index is 2.21. The van der Waals surface area contributed by atoms with Gasteiger partial charge in [-0.25, -0.2) is 4.79 Å². The van der Waals surface area contributed by atoms with Crippen LogP contribution in [0.2, 0.25) is 0 Å². The molecular weight excluding hydrogens is 192 g/mol. The summed E-state index contributed by atoms with van der Waals surface area (Å²) in [6, 6.07) is 7.71. The van der Waals surface area contributed by atoms with Crippen LogP contribution in [0.3, 0.4) is 0 Å². The van der Waals surface area contributed by atoms with Gasteiger partial charge in [-0.15, -0.1) is 0 Å². The number of Topliss-reactive ketones (excluding diaryl/α,β-unsaturated/α-hetero) is 1. The average Bonchev–Trinajstić information content (AvgIpc) is 2.56. The number of hydrogen-bond acceptors (Lipinski definition) is 3. The first kappa shape index (κ1) is 8.41. The van der Waals surface area contributed by atoms with Crippen LogP contribution < -0.4 is 0 Å². The van der Waals surface area contributed by atoms with Crippen molar-refractivity contribution in [2.45, 2.75) is 12.8 Å². The molecule has 3 heteroatoms. The minimum atomic E-state index is -0.739. The van der Waals surface area contributed by atoms with E-state index in [1.807, 2.05) is 24.3 Å². The third kappa shape index (κ3) is 1.06. The minimum absolute atomic E-state index is 0.473. The second kappa shape index (κ2) is 2.79. The highest BCUT2D eigenvalue weighted by atomic mass is 16.5. The molecule has 0 saturated carbocycles. The molecule has 1 aromatic carbocycles. The smallest absolute Gasteiger partial charge is 0.384 e. The van der Waals surface area contributed by atoms with Crippen molar-refractivity contribution in [3.05, 3.63) is 41.0 Å². The quantitative estimate of drug-likeness (QED) is 0.470. The standard InChI is InChI=1S/C12H8O3/c13-10-9-6-5-7-3-1-2-4-8(7)11(9)15-12(10)14/h1-4H,5-6H2. The van der Waals surface area contributed by atoms with Crippen molar-refractivity contribution in [2.24, 2.45) is 0 Å².